The van der Waals surface area contributed by atoms with Crippen LogP contribution in [-0.2, 0) is 0 Å². The lowest BCUT2D eigenvalue weighted by atomic mass is 9.84. The molecule has 2 aromatic rings. The summed E-state index contributed by atoms with van der Waals surface area (Å²) in [6.07, 6.45) is 11.2. The molecule has 0 saturated heterocycles. The zero-order valence-corrected chi connectivity index (χ0v) is 12.6. The Bertz CT molecular complexity index is 570. The second-order valence-corrected chi connectivity index (χ2v) is 6.22. The predicted octanol–water partition coefficient (Wildman–Crippen LogP) is 4.10. The van der Waals surface area contributed by atoms with Gasteiger partial charge < -0.3 is 0 Å². The minimum absolute atomic E-state index is 0.222. The van der Waals surface area contributed by atoms with Crippen LogP contribution in [0.3, 0.4) is 0 Å². The molecule has 0 amide bonds. The van der Waals surface area contributed by atoms with Crippen LogP contribution in [0.5, 0.6) is 0 Å². The lowest BCUT2D eigenvalue weighted by Crippen LogP contribution is -2.28. The van der Waals surface area contributed by atoms with Gasteiger partial charge in [0.15, 0.2) is 0 Å². The van der Waals surface area contributed by atoms with E-state index >= 15 is 0 Å². The van der Waals surface area contributed by atoms with E-state index in [2.05, 4.69) is 34.7 Å². The van der Waals surface area contributed by atoms with E-state index in [1.807, 2.05) is 12.3 Å². The van der Waals surface area contributed by atoms with Crippen molar-refractivity contribution in [2.24, 2.45) is 11.8 Å². The zero-order chi connectivity index (χ0) is 14.5. The highest BCUT2D eigenvalue weighted by molar-refractivity contribution is 5.82. The van der Waals surface area contributed by atoms with Crippen LogP contribution >= 0.6 is 0 Å². The largest absolute Gasteiger partial charge is 0.271 e. The summed E-state index contributed by atoms with van der Waals surface area (Å²) in [5.74, 6) is 6.73. The molecule has 1 aliphatic carbocycles. The van der Waals surface area contributed by atoms with Crippen molar-refractivity contribution in [2.45, 2.75) is 51.0 Å². The number of fused-ring (bicyclic) bond motifs is 1. The molecule has 3 nitrogen and oxygen atoms in total. The van der Waals surface area contributed by atoms with Crippen LogP contribution in [0.4, 0.5) is 0 Å². The highest BCUT2D eigenvalue weighted by Gasteiger charge is 2.18. The van der Waals surface area contributed by atoms with Gasteiger partial charge in [-0.2, -0.15) is 0 Å². The number of hydrogen-bond donors (Lipinski definition) is 2. The molecule has 1 heterocycles. The van der Waals surface area contributed by atoms with Gasteiger partial charge in [0.05, 0.1) is 5.52 Å². The van der Waals surface area contributed by atoms with Crippen LogP contribution in [0.2, 0.25) is 0 Å². The Morgan fingerprint density at radius 2 is 2.00 bits per heavy atom. The molecule has 3 N–H and O–H groups in total. The van der Waals surface area contributed by atoms with Crippen LogP contribution in [0.1, 0.15) is 56.6 Å². The second kappa shape index (κ2) is 7.01. The van der Waals surface area contributed by atoms with E-state index in [0.29, 0.717) is 0 Å². The summed E-state index contributed by atoms with van der Waals surface area (Å²) in [6.45, 7) is 0. The summed E-state index contributed by atoms with van der Waals surface area (Å²) in [7, 11) is 0. The third-order valence-electron chi connectivity index (χ3n) is 4.84. The van der Waals surface area contributed by atoms with Crippen LogP contribution in [0.15, 0.2) is 36.5 Å². The first-order chi connectivity index (χ1) is 10.4. The molecule has 0 aliphatic heterocycles. The van der Waals surface area contributed by atoms with Crippen molar-refractivity contribution >= 4 is 10.9 Å². The number of rotatable bonds is 5. The van der Waals surface area contributed by atoms with E-state index in [1.54, 1.807) is 0 Å². The van der Waals surface area contributed by atoms with E-state index in [0.717, 1.165) is 17.9 Å². The molecule has 0 radical (unpaired) electrons. The first kappa shape index (κ1) is 14.5. The Balaban J connectivity index is 1.75. The monoisotopic (exact) mass is 283 g/mol. The average molecular weight is 283 g/mol. The van der Waals surface area contributed by atoms with Crippen LogP contribution in [0.25, 0.3) is 10.9 Å². The number of benzene rings is 1. The fourth-order valence-corrected chi connectivity index (χ4v) is 3.64. The van der Waals surface area contributed by atoms with Gasteiger partial charge in [0.2, 0.25) is 0 Å². The highest BCUT2D eigenvalue weighted by Crippen LogP contribution is 2.31. The zero-order valence-electron chi connectivity index (χ0n) is 12.6. The number of nitrogens with two attached hydrogens (primary N) is 1. The van der Waals surface area contributed by atoms with Crippen molar-refractivity contribution in [3.63, 3.8) is 0 Å². The van der Waals surface area contributed by atoms with Crippen LogP contribution in [0, 0.1) is 5.92 Å². The molecule has 0 bridgehead atoms. The fraction of sp³-hybridized carbons (Fsp3) is 0.500. The molecule has 1 aromatic carbocycles. The maximum absolute atomic E-state index is 5.84. The van der Waals surface area contributed by atoms with Crippen LogP contribution in [-0.4, -0.2) is 4.98 Å². The third kappa shape index (κ3) is 3.42. The Morgan fingerprint density at radius 3 is 2.81 bits per heavy atom. The second-order valence-electron chi connectivity index (χ2n) is 6.22. The van der Waals surface area contributed by atoms with E-state index in [1.165, 1.54) is 49.5 Å². The number of nitrogens with one attached hydrogen (secondary N) is 1. The van der Waals surface area contributed by atoms with Gasteiger partial charge in [-0.3, -0.25) is 16.3 Å². The van der Waals surface area contributed by atoms with E-state index < -0.39 is 0 Å². The summed E-state index contributed by atoms with van der Waals surface area (Å²) >= 11 is 0. The lowest BCUT2D eigenvalue weighted by Gasteiger charge is -2.24. The standard InChI is InChI=1S/C18H25N3/c19-21-18(12-11-14-6-2-1-3-7-14)16-8-4-10-17-15(16)9-5-13-20-17/h4-5,8-10,13-14,18,21H,1-3,6-7,11-12,19H2. The first-order valence-corrected chi connectivity index (χ1v) is 8.18. The first-order valence-electron chi connectivity index (χ1n) is 8.18. The highest BCUT2D eigenvalue weighted by atomic mass is 15.2. The Labute approximate surface area is 126 Å². The number of hydrogen-bond acceptors (Lipinski definition) is 3. The Hall–Kier alpha value is -1.45. The van der Waals surface area contributed by atoms with Crippen molar-refractivity contribution in [3.05, 3.63) is 42.1 Å². The molecular weight excluding hydrogens is 258 g/mol. The molecule has 1 fully saturated rings. The summed E-state index contributed by atoms with van der Waals surface area (Å²) in [5.41, 5.74) is 5.35. The van der Waals surface area contributed by atoms with Crippen molar-refractivity contribution in [3.8, 4) is 0 Å². The van der Waals surface area contributed by atoms with E-state index in [4.69, 9.17) is 5.84 Å². The van der Waals surface area contributed by atoms with Gasteiger partial charge in [0, 0.05) is 17.6 Å². The number of nitrogens with zero attached hydrogens (tertiary/aromatic N) is 1. The molecule has 3 rings (SSSR count). The van der Waals surface area contributed by atoms with Gasteiger partial charge >= 0.3 is 0 Å². The third-order valence-corrected chi connectivity index (χ3v) is 4.84. The minimum Gasteiger partial charge on any atom is -0.271 e. The lowest BCUT2D eigenvalue weighted by molar-refractivity contribution is 0.315. The molecule has 1 unspecified atom stereocenters. The molecule has 112 valence electrons. The topological polar surface area (TPSA) is 50.9 Å². The maximum atomic E-state index is 5.84. The van der Waals surface area contributed by atoms with Gasteiger partial charge in [-0.15, -0.1) is 0 Å². The Kier molecular flexibility index (Phi) is 4.84. The molecular formula is C18H25N3. The maximum Gasteiger partial charge on any atom is 0.0705 e. The van der Waals surface area contributed by atoms with Gasteiger partial charge in [0.25, 0.3) is 0 Å². The Morgan fingerprint density at radius 1 is 1.14 bits per heavy atom. The summed E-state index contributed by atoms with van der Waals surface area (Å²) in [4.78, 5) is 4.44. The average Bonchev–Trinajstić information content (AvgIpc) is 2.56. The van der Waals surface area contributed by atoms with Gasteiger partial charge in [-0.05, 0) is 36.5 Å². The van der Waals surface area contributed by atoms with Gasteiger partial charge in [-0.1, -0.05) is 50.3 Å². The summed E-state index contributed by atoms with van der Waals surface area (Å²) in [5, 5.41) is 1.21. The number of hydrazine groups is 1. The molecule has 21 heavy (non-hydrogen) atoms. The number of pyridine rings is 1. The molecule has 0 spiro atoms. The normalized spacial score (nSPS) is 18.0. The fourth-order valence-electron chi connectivity index (χ4n) is 3.64. The quantitative estimate of drug-likeness (QED) is 0.641. The molecule has 1 aromatic heterocycles. The van der Waals surface area contributed by atoms with Crippen molar-refractivity contribution in [1.29, 1.82) is 0 Å². The summed E-state index contributed by atoms with van der Waals surface area (Å²) in [6, 6.07) is 10.7. The molecule has 1 saturated carbocycles. The van der Waals surface area contributed by atoms with Crippen molar-refractivity contribution < 1.29 is 0 Å². The van der Waals surface area contributed by atoms with Crippen LogP contribution < -0.4 is 11.3 Å². The van der Waals surface area contributed by atoms with Crippen molar-refractivity contribution in [2.75, 3.05) is 0 Å². The van der Waals surface area contributed by atoms with E-state index in [-0.39, 0.29) is 6.04 Å². The van der Waals surface area contributed by atoms with Crippen molar-refractivity contribution in [1.82, 2.24) is 10.4 Å². The molecule has 1 atom stereocenters. The molecule has 3 heteroatoms. The smallest absolute Gasteiger partial charge is 0.0705 e. The SMILES string of the molecule is NNC(CCC1CCCCC1)c1cccc2ncccc12. The van der Waals surface area contributed by atoms with Gasteiger partial charge in [-0.25, -0.2) is 0 Å². The summed E-state index contributed by atoms with van der Waals surface area (Å²) < 4.78 is 0. The number of aromatic nitrogens is 1. The van der Waals surface area contributed by atoms with Gasteiger partial charge in [0.1, 0.15) is 0 Å². The minimum atomic E-state index is 0.222. The molecule has 1 aliphatic rings. The predicted molar refractivity (Wildman–Crippen MR) is 87.6 cm³/mol. The van der Waals surface area contributed by atoms with E-state index in [9.17, 15) is 0 Å².